The number of hydrogen-bond acceptors (Lipinski definition) is 1. The summed E-state index contributed by atoms with van der Waals surface area (Å²) >= 11 is 8.65. The molecule has 0 fully saturated rings. The summed E-state index contributed by atoms with van der Waals surface area (Å²) < 4.78 is 25.0. The molecule has 72 valence electrons. The molecule has 5 heteroatoms. The Morgan fingerprint density at radius 2 is 2.15 bits per heavy atom. The number of alkyl halides is 1. The van der Waals surface area contributed by atoms with Crippen molar-refractivity contribution in [3.63, 3.8) is 0 Å². The van der Waals surface area contributed by atoms with Gasteiger partial charge in [-0.3, -0.25) is 0 Å². The summed E-state index contributed by atoms with van der Waals surface area (Å²) in [4.78, 5) is 0. The summed E-state index contributed by atoms with van der Waals surface area (Å²) in [6.45, 7) is -0.354. The van der Waals surface area contributed by atoms with E-state index in [9.17, 15) is 8.78 Å². The van der Waals surface area contributed by atoms with E-state index in [-0.39, 0.29) is 16.0 Å². The Kier molecular flexibility index (Phi) is 3.93. The van der Waals surface area contributed by atoms with E-state index in [1.165, 1.54) is 12.1 Å². The molecule has 1 rings (SSSR count). The molecule has 0 saturated heterocycles. The van der Waals surface area contributed by atoms with Crippen LogP contribution in [0.15, 0.2) is 16.6 Å². The molecule has 0 unspecified atom stereocenters. The lowest BCUT2D eigenvalue weighted by Gasteiger charge is -2.05. The fourth-order valence-electron chi connectivity index (χ4n) is 0.849. The SMILES string of the molecule is FCCNc1cc(F)c(Br)c(Cl)c1. The number of hydrogen-bond donors (Lipinski definition) is 1. The molecule has 0 aromatic heterocycles. The first-order valence-corrected chi connectivity index (χ1v) is 4.76. The number of anilines is 1. The molecule has 1 nitrogen and oxygen atoms in total. The summed E-state index contributed by atoms with van der Waals surface area (Å²) in [7, 11) is 0. The van der Waals surface area contributed by atoms with E-state index in [0.717, 1.165) is 0 Å². The lowest BCUT2D eigenvalue weighted by atomic mass is 10.3. The maximum Gasteiger partial charge on any atom is 0.140 e. The molecule has 13 heavy (non-hydrogen) atoms. The number of benzene rings is 1. The Morgan fingerprint density at radius 3 is 2.69 bits per heavy atom. The van der Waals surface area contributed by atoms with E-state index in [1.807, 2.05) is 0 Å². The molecule has 1 N–H and O–H groups in total. The number of nitrogens with one attached hydrogen (secondary N) is 1. The second-order valence-corrected chi connectivity index (χ2v) is 3.57. The largest absolute Gasteiger partial charge is 0.382 e. The summed E-state index contributed by atoms with van der Waals surface area (Å²) in [5.41, 5.74) is 0.475. The van der Waals surface area contributed by atoms with E-state index in [0.29, 0.717) is 5.69 Å². The summed E-state index contributed by atoms with van der Waals surface area (Å²) in [6.07, 6.45) is 0. The second kappa shape index (κ2) is 4.77. The molecular weight excluding hydrogens is 263 g/mol. The summed E-state index contributed by atoms with van der Waals surface area (Å²) in [5.74, 6) is -0.464. The van der Waals surface area contributed by atoms with Crippen molar-refractivity contribution in [1.29, 1.82) is 0 Å². The topological polar surface area (TPSA) is 12.0 Å². The van der Waals surface area contributed by atoms with E-state index >= 15 is 0 Å². The Morgan fingerprint density at radius 1 is 1.46 bits per heavy atom. The molecule has 1 aromatic rings. The number of halogens is 4. The van der Waals surface area contributed by atoms with E-state index < -0.39 is 12.5 Å². The minimum absolute atomic E-state index is 0.150. The first kappa shape index (κ1) is 10.7. The Balaban J connectivity index is 2.86. The van der Waals surface area contributed by atoms with Gasteiger partial charge >= 0.3 is 0 Å². The highest BCUT2D eigenvalue weighted by molar-refractivity contribution is 9.10. The van der Waals surface area contributed by atoms with Crippen molar-refractivity contribution in [3.8, 4) is 0 Å². The molecule has 0 amide bonds. The minimum Gasteiger partial charge on any atom is -0.382 e. The molecule has 0 atom stereocenters. The zero-order chi connectivity index (χ0) is 9.84. The zero-order valence-electron chi connectivity index (χ0n) is 6.58. The van der Waals surface area contributed by atoms with Gasteiger partial charge in [0.15, 0.2) is 0 Å². The van der Waals surface area contributed by atoms with Crippen LogP contribution in [0.3, 0.4) is 0 Å². The van der Waals surface area contributed by atoms with Crippen LogP contribution in [-0.2, 0) is 0 Å². The van der Waals surface area contributed by atoms with Crippen LogP contribution in [0.5, 0.6) is 0 Å². The Hall–Kier alpha value is -0.350. The average molecular weight is 271 g/mol. The number of rotatable bonds is 3. The highest BCUT2D eigenvalue weighted by Gasteiger charge is 2.05. The maximum atomic E-state index is 13.0. The van der Waals surface area contributed by atoms with Gasteiger partial charge in [-0.05, 0) is 28.1 Å². The fraction of sp³-hybridized carbons (Fsp3) is 0.250. The zero-order valence-corrected chi connectivity index (χ0v) is 8.92. The van der Waals surface area contributed by atoms with Crippen LogP contribution in [0.25, 0.3) is 0 Å². The van der Waals surface area contributed by atoms with Gasteiger partial charge in [-0.2, -0.15) is 0 Å². The summed E-state index contributed by atoms with van der Waals surface area (Å²) in [5, 5.41) is 2.95. The van der Waals surface area contributed by atoms with Crippen LogP contribution in [-0.4, -0.2) is 13.2 Å². The molecule has 0 heterocycles. The predicted molar refractivity (Wildman–Crippen MR) is 53.6 cm³/mol. The molecule has 0 saturated carbocycles. The van der Waals surface area contributed by atoms with Gasteiger partial charge in [0.05, 0.1) is 9.50 Å². The van der Waals surface area contributed by atoms with Crippen molar-refractivity contribution in [1.82, 2.24) is 0 Å². The smallest absolute Gasteiger partial charge is 0.140 e. The average Bonchev–Trinajstić information content (AvgIpc) is 2.10. The van der Waals surface area contributed by atoms with Crippen LogP contribution in [0.1, 0.15) is 0 Å². The Labute approximate surface area is 88.2 Å². The minimum atomic E-state index is -0.505. The van der Waals surface area contributed by atoms with Gasteiger partial charge in [0, 0.05) is 12.2 Å². The predicted octanol–water partition coefficient (Wildman–Crippen LogP) is 3.62. The third-order valence-corrected chi connectivity index (χ3v) is 2.74. The standard InChI is InChI=1S/C8H7BrClF2N/c9-8-6(10)3-5(4-7(8)12)13-2-1-11/h3-4,13H,1-2H2. The normalized spacial score (nSPS) is 10.2. The van der Waals surface area contributed by atoms with Crippen molar-refractivity contribution >= 4 is 33.2 Å². The maximum absolute atomic E-state index is 13.0. The molecule has 0 spiro atoms. The molecule has 0 radical (unpaired) electrons. The van der Waals surface area contributed by atoms with Gasteiger partial charge in [-0.25, -0.2) is 8.78 Å². The highest BCUT2D eigenvalue weighted by atomic mass is 79.9. The molecule has 0 aliphatic heterocycles. The van der Waals surface area contributed by atoms with Crippen molar-refractivity contribution in [2.24, 2.45) is 0 Å². The first-order valence-electron chi connectivity index (χ1n) is 3.59. The molecule has 1 aromatic carbocycles. The van der Waals surface area contributed by atoms with Gasteiger partial charge in [0.1, 0.15) is 12.5 Å². The lowest BCUT2D eigenvalue weighted by Crippen LogP contribution is -2.03. The second-order valence-electron chi connectivity index (χ2n) is 2.37. The lowest BCUT2D eigenvalue weighted by molar-refractivity contribution is 0.512. The molecule has 0 aliphatic carbocycles. The van der Waals surface area contributed by atoms with Crippen molar-refractivity contribution in [2.45, 2.75) is 0 Å². The summed E-state index contributed by atoms with van der Waals surface area (Å²) in [6, 6.07) is 2.79. The van der Waals surface area contributed by atoms with Gasteiger partial charge in [0.25, 0.3) is 0 Å². The van der Waals surface area contributed by atoms with E-state index in [1.54, 1.807) is 0 Å². The monoisotopic (exact) mass is 269 g/mol. The Bertz CT molecular complexity index is 283. The van der Waals surface area contributed by atoms with Gasteiger partial charge in [-0.15, -0.1) is 0 Å². The van der Waals surface area contributed by atoms with Crippen LogP contribution >= 0.6 is 27.5 Å². The van der Waals surface area contributed by atoms with Crippen molar-refractivity contribution < 1.29 is 8.78 Å². The van der Waals surface area contributed by atoms with Crippen molar-refractivity contribution in [3.05, 3.63) is 27.4 Å². The van der Waals surface area contributed by atoms with Crippen LogP contribution in [0.4, 0.5) is 14.5 Å². The van der Waals surface area contributed by atoms with Crippen molar-refractivity contribution in [2.75, 3.05) is 18.5 Å². The van der Waals surface area contributed by atoms with Gasteiger partial charge in [0.2, 0.25) is 0 Å². The van der Waals surface area contributed by atoms with E-state index in [4.69, 9.17) is 11.6 Å². The van der Waals surface area contributed by atoms with Gasteiger partial charge in [-0.1, -0.05) is 11.6 Å². The third-order valence-electron chi connectivity index (χ3n) is 1.41. The van der Waals surface area contributed by atoms with E-state index in [2.05, 4.69) is 21.2 Å². The van der Waals surface area contributed by atoms with Crippen LogP contribution in [0, 0.1) is 5.82 Å². The van der Waals surface area contributed by atoms with Gasteiger partial charge < -0.3 is 5.32 Å². The quantitative estimate of drug-likeness (QED) is 0.827. The molecular formula is C8H7BrClF2N. The van der Waals surface area contributed by atoms with Crippen LogP contribution < -0.4 is 5.32 Å². The molecule has 0 bridgehead atoms. The fourth-order valence-corrected chi connectivity index (χ4v) is 1.29. The molecule has 0 aliphatic rings. The third kappa shape index (κ3) is 2.81. The highest BCUT2D eigenvalue weighted by Crippen LogP contribution is 2.28. The van der Waals surface area contributed by atoms with Crippen LogP contribution in [0.2, 0.25) is 5.02 Å². The first-order chi connectivity index (χ1) is 6.15.